The van der Waals surface area contributed by atoms with Gasteiger partial charge in [0, 0.05) is 37.6 Å². The molecule has 0 spiro atoms. The van der Waals surface area contributed by atoms with Crippen LogP contribution < -0.4 is 21.7 Å². The molecule has 1 aromatic carbocycles. The van der Waals surface area contributed by atoms with Gasteiger partial charge in [0.1, 0.15) is 6.61 Å². The minimum Gasteiger partial charge on any atom is -0.460 e. The van der Waals surface area contributed by atoms with E-state index in [2.05, 4.69) is 16.0 Å². The van der Waals surface area contributed by atoms with Crippen molar-refractivity contribution in [1.29, 1.82) is 0 Å². The average Bonchev–Trinajstić information content (AvgIpc) is 3.00. The summed E-state index contributed by atoms with van der Waals surface area (Å²) < 4.78 is 21.6. The van der Waals surface area contributed by atoms with Crippen LogP contribution in [0.1, 0.15) is 79.2 Å². The second kappa shape index (κ2) is 22.9. The molecule has 13 nitrogen and oxygen atoms in total. The number of carbonyl (C=O) groups excluding carboxylic acids is 5. The first kappa shape index (κ1) is 41.5. The van der Waals surface area contributed by atoms with Crippen molar-refractivity contribution >= 4 is 35.3 Å². The highest BCUT2D eigenvalue weighted by Gasteiger charge is 2.29. The van der Waals surface area contributed by atoms with Crippen molar-refractivity contribution < 1.29 is 42.9 Å². The van der Waals surface area contributed by atoms with E-state index in [1.165, 1.54) is 0 Å². The van der Waals surface area contributed by atoms with Gasteiger partial charge < -0.3 is 40.6 Å². The van der Waals surface area contributed by atoms with Crippen LogP contribution in [0.4, 0.5) is 10.5 Å². The standard InChI is InChI=1S/C34H56N4O9/c1-7-16-44-18-20-46-21-19-45-17-14-29(40)38-30(24(2)3)28(39)22-26(9-8-15-36-33(35)43)31(41)37-27-12-10-25(11-13-27)23-47-32(42)34(4,5)6/h10-13,24,26,30H,7-9,14-23H2,1-6H3,(H,37,41)(H,38,40)(H3,35,36,43)/t26-,30+/m1/s1. The smallest absolute Gasteiger partial charge is 0.312 e. The van der Waals surface area contributed by atoms with Gasteiger partial charge >= 0.3 is 12.0 Å². The van der Waals surface area contributed by atoms with E-state index in [4.69, 9.17) is 24.7 Å². The Morgan fingerprint density at radius 3 is 2.02 bits per heavy atom. The molecule has 2 atom stereocenters. The number of esters is 1. The number of amides is 4. The molecular formula is C34H56N4O9. The molecule has 0 heterocycles. The molecule has 47 heavy (non-hydrogen) atoms. The van der Waals surface area contributed by atoms with Crippen molar-refractivity contribution in [3.63, 3.8) is 0 Å². The van der Waals surface area contributed by atoms with Crippen LogP contribution in [0, 0.1) is 17.3 Å². The zero-order chi connectivity index (χ0) is 35.2. The van der Waals surface area contributed by atoms with E-state index in [-0.39, 0.29) is 62.1 Å². The number of Topliss-reactive ketones (excluding diaryl/α,β-unsaturated/α-hetero) is 1. The van der Waals surface area contributed by atoms with E-state index in [1.807, 2.05) is 20.8 Å². The van der Waals surface area contributed by atoms with Gasteiger partial charge in [0.2, 0.25) is 11.8 Å². The topological polar surface area (TPSA) is 184 Å². The van der Waals surface area contributed by atoms with Crippen molar-refractivity contribution in [2.24, 2.45) is 23.0 Å². The van der Waals surface area contributed by atoms with E-state index in [0.717, 1.165) is 12.0 Å². The maximum atomic E-state index is 13.4. The first-order chi connectivity index (χ1) is 22.2. The maximum absolute atomic E-state index is 13.4. The Kier molecular flexibility index (Phi) is 20.2. The number of benzene rings is 1. The predicted molar refractivity (Wildman–Crippen MR) is 178 cm³/mol. The van der Waals surface area contributed by atoms with Crippen molar-refractivity contribution in [2.75, 3.05) is 51.5 Å². The monoisotopic (exact) mass is 664 g/mol. The number of nitrogens with one attached hydrogen (secondary N) is 3. The van der Waals surface area contributed by atoms with Gasteiger partial charge in [-0.3, -0.25) is 19.2 Å². The number of ether oxygens (including phenoxy) is 4. The molecule has 4 amide bonds. The molecule has 0 aliphatic carbocycles. The van der Waals surface area contributed by atoms with Gasteiger partial charge in [0.15, 0.2) is 5.78 Å². The Balaban J connectivity index is 2.72. The molecule has 5 N–H and O–H groups in total. The van der Waals surface area contributed by atoms with Crippen LogP contribution in [0.3, 0.4) is 0 Å². The molecule has 0 saturated heterocycles. The van der Waals surface area contributed by atoms with E-state index in [0.29, 0.717) is 51.6 Å². The summed E-state index contributed by atoms with van der Waals surface area (Å²) in [4.78, 5) is 62.6. The Hall–Kier alpha value is -3.55. The average molecular weight is 665 g/mol. The first-order valence-corrected chi connectivity index (χ1v) is 16.4. The number of urea groups is 1. The third-order valence-electron chi connectivity index (χ3n) is 6.95. The van der Waals surface area contributed by atoms with E-state index in [1.54, 1.807) is 45.0 Å². The predicted octanol–water partition coefficient (Wildman–Crippen LogP) is 3.73. The summed E-state index contributed by atoms with van der Waals surface area (Å²) in [6.07, 6.45) is 1.64. The zero-order valence-corrected chi connectivity index (χ0v) is 29.0. The summed E-state index contributed by atoms with van der Waals surface area (Å²) in [5.74, 6) is -2.22. The molecule has 1 rings (SSSR count). The molecule has 0 bridgehead atoms. The van der Waals surface area contributed by atoms with Crippen LogP contribution >= 0.6 is 0 Å². The number of nitrogens with two attached hydrogens (primary N) is 1. The van der Waals surface area contributed by atoms with Crippen molar-refractivity contribution in [3.8, 4) is 0 Å². The van der Waals surface area contributed by atoms with Crippen LogP contribution in [-0.2, 0) is 44.7 Å². The number of anilines is 1. The number of primary amides is 1. The summed E-state index contributed by atoms with van der Waals surface area (Å²) in [5, 5.41) is 8.15. The van der Waals surface area contributed by atoms with Crippen molar-refractivity contribution in [1.82, 2.24) is 10.6 Å². The molecule has 266 valence electrons. The molecule has 0 unspecified atom stereocenters. The van der Waals surface area contributed by atoms with Gasteiger partial charge in [-0.1, -0.05) is 32.9 Å². The third kappa shape index (κ3) is 19.0. The summed E-state index contributed by atoms with van der Waals surface area (Å²) in [6.45, 7) is 14.0. The Labute approximate surface area is 279 Å². The second-order valence-corrected chi connectivity index (χ2v) is 12.7. The lowest BCUT2D eigenvalue weighted by atomic mass is 9.89. The van der Waals surface area contributed by atoms with E-state index < -0.39 is 23.4 Å². The fourth-order valence-corrected chi connectivity index (χ4v) is 4.27. The molecular weight excluding hydrogens is 608 g/mol. The Morgan fingerprint density at radius 1 is 0.872 bits per heavy atom. The minimum absolute atomic E-state index is 0.0736. The summed E-state index contributed by atoms with van der Waals surface area (Å²) in [6, 6.07) is 5.41. The number of hydrogen-bond acceptors (Lipinski definition) is 9. The molecule has 0 aromatic heterocycles. The Bertz CT molecular complexity index is 1100. The third-order valence-corrected chi connectivity index (χ3v) is 6.95. The van der Waals surface area contributed by atoms with Gasteiger partial charge in [0.05, 0.1) is 44.5 Å². The lowest BCUT2D eigenvalue weighted by molar-refractivity contribution is -0.154. The van der Waals surface area contributed by atoms with Gasteiger partial charge in [-0.2, -0.15) is 0 Å². The van der Waals surface area contributed by atoms with Crippen LogP contribution in [0.2, 0.25) is 0 Å². The minimum atomic E-state index is -0.789. The molecule has 1 aromatic rings. The van der Waals surface area contributed by atoms with Crippen LogP contribution in [0.15, 0.2) is 24.3 Å². The van der Waals surface area contributed by atoms with Gasteiger partial charge in [0.25, 0.3) is 0 Å². The molecule has 0 fully saturated rings. The summed E-state index contributed by atoms with van der Waals surface area (Å²) in [7, 11) is 0. The highest BCUT2D eigenvalue weighted by atomic mass is 16.5. The fraction of sp³-hybridized carbons (Fsp3) is 0.676. The van der Waals surface area contributed by atoms with Crippen LogP contribution in [-0.4, -0.2) is 81.8 Å². The summed E-state index contributed by atoms with van der Waals surface area (Å²) in [5.41, 5.74) is 5.81. The molecule has 0 radical (unpaired) electrons. The number of rotatable bonds is 24. The lowest BCUT2D eigenvalue weighted by Crippen LogP contribution is -2.45. The van der Waals surface area contributed by atoms with Crippen molar-refractivity contribution in [3.05, 3.63) is 29.8 Å². The van der Waals surface area contributed by atoms with Gasteiger partial charge in [-0.15, -0.1) is 0 Å². The summed E-state index contributed by atoms with van der Waals surface area (Å²) >= 11 is 0. The molecule has 0 aliphatic heterocycles. The first-order valence-electron chi connectivity index (χ1n) is 16.4. The number of hydrogen-bond donors (Lipinski definition) is 4. The molecule has 0 aliphatic rings. The van der Waals surface area contributed by atoms with Gasteiger partial charge in [-0.25, -0.2) is 4.79 Å². The highest BCUT2D eigenvalue weighted by molar-refractivity contribution is 5.97. The zero-order valence-electron chi connectivity index (χ0n) is 29.0. The van der Waals surface area contributed by atoms with Crippen molar-refractivity contribution in [2.45, 2.75) is 86.3 Å². The lowest BCUT2D eigenvalue weighted by Gasteiger charge is -2.24. The number of ketones is 1. The molecule has 13 heteroatoms. The molecule has 0 saturated carbocycles. The van der Waals surface area contributed by atoms with Gasteiger partial charge in [-0.05, 0) is 63.6 Å². The van der Waals surface area contributed by atoms with E-state index >= 15 is 0 Å². The highest BCUT2D eigenvalue weighted by Crippen LogP contribution is 2.20. The number of carbonyl (C=O) groups is 5. The normalized spacial score (nSPS) is 12.7. The largest absolute Gasteiger partial charge is 0.460 e. The SMILES string of the molecule is CCCOCCOCCOCCC(=O)N[C@H](C(=O)C[C@@H](CCCNC(N)=O)C(=O)Nc1ccc(COC(=O)C(C)(C)C)cc1)C(C)C. The maximum Gasteiger partial charge on any atom is 0.312 e. The van der Waals surface area contributed by atoms with Crippen LogP contribution in [0.5, 0.6) is 0 Å². The van der Waals surface area contributed by atoms with E-state index in [9.17, 15) is 24.0 Å². The fourth-order valence-electron chi connectivity index (χ4n) is 4.27. The Morgan fingerprint density at radius 2 is 1.47 bits per heavy atom. The quantitative estimate of drug-likeness (QED) is 0.0945. The second-order valence-electron chi connectivity index (χ2n) is 12.7. The van der Waals surface area contributed by atoms with Crippen LogP contribution in [0.25, 0.3) is 0 Å².